The van der Waals surface area contributed by atoms with Crippen molar-refractivity contribution in [1.82, 2.24) is 4.68 Å². The molecule has 0 aliphatic heterocycles. The molecule has 0 atom stereocenters. The minimum atomic E-state index is -0.442. The summed E-state index contributed by atoms with van der Waals surface area (Å²) in [6, 6.07) is 9.04. The molecule has 0 N–H and O–H groups in total. The number of nitriles is 1. The molecule has 0 unspecified atom stereocenters. The summed E-state index contributed by atoms with van der Waals surface area (Å²) in [6.07, 6.45) is 1.51. The Labute approximate surface area is 134 Å². The zero-order valence-corrected chi connectivity index (χ0v) is 13.5. The van der Waals surface area contributed by atoms with Gasteiger partial charge >= 0.3 is 0 Å². The zero-order valence-electron chi connectivity index (χ0n) is 13.5. The van der Waals surface area contributed by atoms with Crippen molar-refractivity contribution in [3.05, 3.63) is 57.0 Å². The Bertz CT molecular complexity index is 861. The topological polar surface area (TPSA) is 76.6 Å². The molecular weight excluding hydrogens is 294 g/mol. The van der Waals surface area contributed by atoms with E-state index in [4.69, 9.17) is 14.7 Å². The predicted molar refractivity (Wildman–Crippen MR) is 87.4 cm³/mol. The van der Waals surface area contributed by atoms with Gasteiger partial charge in [0.1, 0.15) is 11.6 Å². The SMILES string of the molecule is COc1cccc(/C=N\n2c(C)cc(C)c(C#N)c2=O)c1OC. The third kappa shape index (κ3) is 3.09. The van der Waals surface area contributed by atoms with Gasteiger partial charge in [-0.3, -0.25) is 4.79 Å². The van der Waals surface area contributed by atoms with Gasteiger partial charge in [-0.25, -0.2) is 4.68 Å². The van der Waals surface area contributed by atoms with Gasteiger partial charge in [-0.1, -0.05) is 6.07 Å². The number of methoxy groups -OCH3 is 2. The lowest BCUT2D eigenvalue weighted by Crippen LogP contribution is -2.22. The highest BCUT2D eigenvalue weighted by Gasteiger charge is 2.10. The Hall–Kier alpha value is -3.07. The summed E-state index contributed by atoms with van der Waals surface area (Å²) in [6.45, 7) is 3.49. The zero-order chi connectivity index (χ0) is 17.0. The number of hydrogen-bond donors (Lipinski definition) is 0. The number of ether oxygens (including phenoxy) is 2. The number of benzene rings is 1. The van der Waals surface area contributed by atoms with Crippen molar-refractivity contribution in [2.75, 3.05) is 14.2 Å². The lowest BCUT2D eigenvalue weighted by atomic mass is 10.1. The first-order chi connectivity index (χ1) is 11.0. The summed E-state index contributed by atoms with van der Waals surface area (Å²) >= 11 is 0. The van der Waals surface area contributed by atoms with Gasteiger partial charge in [0, 0.05) is 11.3 Å². The summed E-state index contributed by atoms with van der Waals surface area (Å²) < 4.78 is 11.8. The molecule has 2 aromatic rings. The van der Waals surface area contributed by atoms with Crippen LogP contribution in [0.25, 0.3) is 0 Å². The molecule has 0 aliphatic carbocycles. The normalized spacial score (nSPS) is 10.6. The van der Waals surface area contributed by atoms with Crippen molar-refractivity contribution in [3.8, 4) is 17.6 Å². The molecule has 0 fully saturated rings. The van der Waals surface area contributed by atoms with Crippen LogP contribution < -0.4 is 15.0 Å². The van der Waals surface area contributed by atoms with E-state index < -0.39 is 5.56 Å². The number of aromatic nitrogens is 1. The fourth-order valence-electron chi connectivity index (χ4n) is 2.29. The molecule has 1 aromatic heterocycles. The van der Waals surface area contributed by atoms with Crippen LogP contribution in [0.15, 0.2) is 34.2 Å². The van der Waals surface area contributed by atoms with Crippen LogP contribution in [-0.2, 0) is 0 Å². The van der Waals surface area contributed by atoms with E-state index in [1.165, 1.54) is 18.0 Å². The second-order valence-corrected chi connectivity index (χ2v) is 4.90. The highest BCUT2D eigenvalue weighted by Crippen LogP contribution is 2.29. The standard InChI is InChI=1S/C17H17N3O3/c1-11-8-12(2)20(17(21)14(11)9-18)19-10-13-6-5-7-15(22-3)16(13)23-4/h5-8,10H,1-4H3/b19-10-. The lowest BCUT2D eigenvalue weighted by Gasteiger charge is -2.10. The third-order valence-corrected chi connectivity index (χ3v) is 3.42. The third-order valence-electron chi connectivity index (χ3n) is 3.42. The van der Waals surface area contributed by atoms with Crippen LogP contribution in [0.5, 0.6) is 11.5 Å². The fraction of sp³-hybridized carbons (Fsp3) is 0.235. The average Bonchev–Trinajstić information content (AvgIpc) is 2.54. The van der Waals surface area contributed by atoms with Gasteiger partial charge in [0.2, 0.25) is 0 Å². The van der Waals surface area contributed by atoms with Gasteiger partial charge in [-0.15, -0.1) is 0 Å². The minimum absolute atomic E-state index is 0.0883. The maximum atomic E-state index is 12.3. The molecule has 2 rings (SSSR count). The van der Waals surface area contributed by atoms with E-state index in [2.05, 4.69) is 5.10 Å². The molecule has 0 saturated heterocycles. The highest BCUT2D eigenvalue weighted by molar-refractivity contribution is 5.85. The second-order valence-electron chi connectivity index (χ2n) is 4.90. The van der Waals surface area contributed by atoms with E-state index in [0.717, 1.165) is 0 Å². The first-order valence-corrected chi connectivity index (χ1v) is 6.92. The quantitative estimate of drug-likeness (QED) is 0.811. The molecule has 0 bridgehead atoms. The molecule has 0 aliphatic rings. The van der Waals surface area contributed by atoms with E-state index in [-0.39, 0.29) is 5.56 Å². The van der Waals surface area contributed by atoms with Crippen molar-refractivity contribution in [2.24, 2.45) is 5.10 Å². The monoisotopic (exact) mass is 311 g/mol. The summed E-state index contributed by atoms with van der Waals surface area (Å²) in [4.78, 5) is 12.3. The summed E-state index contributed by atoms with van der Waals surface area (Å²) in [7, 11) is 3.08. The maximum absolute atomic E-state index is 12.3. The number of nitrogens with zero attached hydrogens (tertiary/aromatic N) is 3. The van der Waals surface area contributed by atoms with Gasteiger partial charge in [-0.2, -0.15) is 10.4 Å². The molecule has 6 heteroatoms. The van der Waals surface area contributed by atoms with Crippen LogP contribution in [0.4, 0.5) is 0 Å². The largest absolute Gasteiger partial charge is 0.493 e. The van der Waals surface area contributed by atoms with Gasteiger partial charge in [0.25, 0.3) is 5.56 Å². The van der Waals surface area contributed by atoms with Crippen LogP contribution in [0.2, 0.25) is 0 Å². The molecule has 6 nitrogen and oxygen atoms in total. The van der Waals surface area contributed by atoms with Crippen LogP contribution in [-0.4, -0.2) is 25.1 Å². The highest BCUT2D eigenvalue weighted by atomic mass is 16.5. The Kier molecular flexibility index (Phi) is 4.82. The first-order valence-electron chi connectivity index (χ1n) is 6.92. The molecule has 0 spiro atoms. The van der Waals surface area contributed by atoms with Crippen molar-refractivity contribution in [3.63, 3.8) is 0 Å². The number of para-hydroxylation sites is 1. The maximum Gasteiger partial charge on any atom is 0.289 e. The Morgan fingerprint density at radius 1 is 1.26 bits per heavy atom. The number of pyridine rings is 1. The van der Waals surface area contributed by atoms with E-state index in [9.17, 15) is 4.79 Å². The van der Waals surface area contributed by atoms with Crippen molar-refractivity contribution < 1.29 is 9.47 Å². The predicted octanol–water partition coefficient (Wildman–Crippen LogP) is 2.24. The van der Waals surface area contributed by atoms with Gasteiger partial charge in [0.15, 0.2) is 11.5 Å². The molecule has 0 radical (unpaired) electrons. The Morgan fingerprint density at radius 2 is 2.00 bits per heavy atom. The van der Waals surface area contributed by atoms with E-state index in [1.807, 2.05) is 6.07 Å². The van der Waals surface area contributed by atoms with E-state index >= 15 is 0 Å². The summed E-state index contributed by atoms with van der Waals surface area (Å²) in [5, 5.41) is 13.3. The van der Waals surface area contributed by atoms with Crippen molar-refractivity contribution >= 4 is 6.21 Å². The number of rotatable bonds is 4. The lowest BCUT2D eigenvalue weighted by molar-refractivity contribution is 0.354. The smallest absolute Gasteiger partial charge is 0.289 e. The number of hydrogen-bond acceptors (Lipinski definition) is 5. The van der Waals surface area contributed by atoms with Gasteiger partial charge in [0.05, 0.1) is 20.4 Å². The minimum Gasteiger partial charge on any atom is -0.493 e. The van der Waals surface area contributed by atoms with E-state index in [0.29, 0.717) is 28.3 Å². The Morgan fingerprint density at radius 3 is 2.61 bits per heavy atom. The summed E-state index contributed by atoms with van der Waals surface area (Å²) in [5.74, 6) is 1.10. The van der Waals surface area contributed by atoms with Crippen LogP contribution in [0.1, 0.15) is 22.4 Å². The molecule has 23 heavy (non-hydrogen) atoms. The average molecular weight is 311 g/mol. The molecule has 0 amide bonds. The second kappa shape index (κ2) is 6.79. The van der Waals surface area contributed by atoms with Gasteiger partial charge in [-0.05, 0) is 37.6 Å². The van der Waals surface area contributed by atoms with Crippen molar-refractivity contribution in [2.45, 2.75) is 13.8 Å². The fourth-order valence-corrected chi connectivity index (χ4v) is 2.29. The van der Waals surface area contributed by atoms with Crippen LogP contribution in [0.3, 0.4) is 0 Å². The van der Waals surface area contributed by atoms with Crippen molar-refractivity contribution in [1.29, 1.82) is 5.26 Å². The molecule has 118 valence electrons. The molecule has 0 saturated carbocycles. The van der Waals surface area contributed by atoms with Gasteiger partial charge < -0.3 is 9.47 Å². The molecule has 1 aromatic carbocycles. The van der Waals surface area contributed by atoms with Crippen LogP contribution >= 0.6 is 0 Å². The number of aryl methyl sites for hydroxylation is 2. The van der Waals surface area contributed by atoms with E-state index in [1.54, 1.807) is 45.2 Å². The van der Waals surface area contributed by atoms with Crippen LogP contribution in [0, 0.1) is 25.2 Å². The molecule has 1 heterocycles. The first kappa shape index (κ1) is 16.3. The Balaban J connectivity index is 2.55. The summed E-state index contributed by atoms with van der Waals surface area (Å²) in [5.41, 5.74) is 1.59. The molecular formula is C17H17N3O3.